The van der Waals surface area contributed by atoms with Gasteiger partial charge in [-0.1, -0.05) is 48.6 Å². The normalized spacial score (nSPS) is 14.5. The second-order valence-electron chi connectivity index (χ2n) is 7.22. The van der Waals surface area contributed by atoms with E-state index in [9.17, 15) is 0 Å². The summed E-state index contributed by atoms with van der Waals surface area (Å²) < 4.78 is 8.29. The van der Waals surface area contributed by atoms with E-state index in [1.165, 1.54) is 41.3 Å². The summed E-state index contributed by atoms with van der Waals surface area (Å²) in [4.78, 5) is 3.36. The van der Waals surface area contributed by atoms with Gasteiger partial charge in [0.1, 0.15) is 17.3 Å². The van der Waals surface area contributed by atoms with Crippen LogP contribution in [0.15, 0.2) is 54.7 Å². The molecular formula is C23H26N2OS. The van der Waals surface area contributed by atoms with Crippen LogP contribution in [0.25, 0.3) is 10.9 Å². The summed E-state index contributed by atoms with van der Waals surface area (Å²) in [6, 6.07) is 16.7. The quantitative estimate of drug-likeness (QED) is 0.569. The minimum atomic E-state index is 0.638. The van der Waals surface area contributed by atoms with E-state index in [-0.39, 0.29) is 0 Å². The average molecular weight is 379 g/mol. The topological polar surface area (TPSA) is 17.4 Å². The monoisotopic (exact) mass is 378 g/mol. The number of benzene rings is 2. The number of fused-ring (bicyclic) bond motifs is 1. The SMILES string of the molecule is Cc1ccccc1OCCn1cc(C(=S)N2CCCCC2)c2ccccc21. The predicted molar refractivity (Wildman–Crippen MR) is 116 cm³/mol. The Hall–Kier alpha value is -2.33. The molecule has 140 valence electrons. The van der Waals surface area contributed by atoms with Crippen LogP contribution in [-0.4, -0.2) is 34.2 Å². The highest BCUT2D eigenvalue weighted by molar-refractivity contribution is 7.80. The summed E-state index contributed by atoms with van der Waals surface area (Å²) in [6.45, 7) is 5.68. The number of hydrogen-bond donors (Lipinski definition) is 0. The minimum Gasteiger partial charge on any atom is -0.491 e. The van der Waals surface area contributed by atoms with Crippen molar-refractivity contribution < 1.29 is 4.74 Å². The molecule has 1 saturated heterocycles. The fraction of sp³-hybridized carbons (Fsp3) is 0.348. The smallest absolute Gasteiger partial charge is 0.122 e. The molecule has 0 saturated carbocycles. The Morgan fingerprint density at radius 3 is 2.56 bits per heavy atom. The number of ether oxygens (including phenoxy) is 1. The molecule has 0 aliphatic carbocycles. The van der Waals surface area contributed by atoms with E-state index in [1.807, 2.05) is 18.2 Å². The molecule has 2 aromatic carbocycles. The fourth-order valence-corrected chi connectivity index (χ4v) is 4.19. The van der Waals surface area contributed by atoms with Crippen molar-refractivity contribution in [1.29, 1.82) is 0 Å². The van der Waals surface area contributed by atoms with Gasteiger partial charge in [-0.25, -0.2) is 0 Å². The van der Waals surface area contributed by atoms with E-state index < -0.39 is 0 Å². The van der Waals surface area contributed by atoms with E-state index in [2.05, 4.69) is 52.9 Å². The first-order valence-electron chi connectivity index (χ1n) is 9.79. The molecule has 0 amide bonds. The van der Waals surface area contributed by atoms with Crippen molar-refractivity contribution in [3.63, 3.8) is 0 Å². The Morgan fingerprint density at radius 1 is 1.00 bits per heavy atom. The van der Waals surface area contributed by atoms with Gasteiger partial charge >= 0.3 is 0 Å². The van der Waals surface area contributed by atoms with Gasteiger partial charge in [0.2, 0.25) is 0 Å². The second-order valence-corrected chi connectivity index (χ2v) is 7.61. The predicted octanol–water partition coefficient (Wildman–Crippen LogP) is 5.19. The molecule has 27 heavy (non-hydrogen) atoms. The Bertz CT molecular complexity index is 940. The largest absolute Gasteiger partial charge is 0.491 e. The lowest BCUT2D eigenvalue weighted by molar-refractivity contribution is 0.298. The zero-order valence-corrected chi connectivity index (χ0v) is 16.7. The van der Waals surface area contributed by atoms with Crippen LogP contribution in [-0.2, 0) is 6.54 Å². The number of thiocarbonyl (C=S) groups is 1. The van der Waals surface area contributed by atoms with Crippen LogP contribution in [0.5, 0.6) is 5.75 Å². The van der Waals surface area contributed by atoms with E-state index in [1.54, 1.807) is 0 Å². The molecular weight excluding hydrogens is 352 g/mol. The maximum absolute atomic E-state index is 6.01. The molecule has 3 aromatic rings. The third-order valence-corrected chi connectivity index (χ3v) is 5.82. The van der Waals surface area contributed by atoms with Crippen molar-refractivity contribution in [2.45, 2.75) is 32.7 Å². The lowest BCUT2D eigenvalue weighted by Gasteiger charge is -2.28. The molecule has 0 bridgehead atoms. The van der Waals surface area contributed by atoms with Crippen molar-refractivity contribution in [3.8, 4) is 5.75 Å². The van der Waals surface area contributed by atoms with E-state index >= 15 is 0 Å². The third kappa shape index (κ3) is 3.86. The van der Waals surface area contributed by atoms with Gasteiger partial charge in [0.15, 0.2) is 0 Å². The van der Waals surface area contributed by atoms with Crippen LogP contribution in [0.3, 0.4) is 0 Å². The Morgan fingerprint density at radius 2 is 1.74 bits per heavy atom. The van der Waals surface area contributed by atoms with Gasteiger partial charge in [-0.05, 0) is 43.9 Å². The number of piperidine rings is 1. The van der Waals surface area contributed by atoms with Gasteiger partial charge in [-0.15, -0.1) is 0 Å². The van der Waals surface area contributed by atoms with Crippen LogP contribution in [0, 0.1) is 6.92 Å². The van der Waals surface area contributed by atoms with E-state index in [4.69, 9.17) is 17.0 Å². The molecule has 0 atom stereocenters. The molecule has 4 heteroatoms. The molecule has 2 heterocycles. The average Bonchev–Trinajstić information content (AvgIpc) is 3.08. The summed E-state index contributed by atoms with van der Waals surface area (Å²) in [7, 11) is 0. The highest BCUT2D eigenvalue weighted by atomic mass is 32.1. The molecule has 0 unspecified atom stereocenters. The molecule has 4 rings (SSSR count). The highest BCUT2D eigenvalue weighted by Gasteiger charge is 2.19. The van der Waals surface area contributed by atoms with Crippen LogP contribution >= 0.6 is 12.2 Å². The van der Waals surface area contributed by atoms with Gasteiger partial charge in [-0.2, -0.15) is 0 Å². The lowest BCUT2D eigenvalue weighted by atomic mass is 10.1. The number of para-hydroxylation sites is 2. The molecule has 1 aliphatic heterocycles. The molecule has 0 N–H and O–H groups in total. The molecule has 0 radical (unpaired) electrons. The van der Waals surface area contributed by atoms with Crippen LogP contribution in [0.2, 0.25) is 0 Å². The maximum Gasteiger partial charge on any atom is 0.122 e. The highest BCUT2D eigenvalue weighted by Crippen LogP contribution is 2.25. The number of aryl methyl sites for hydroxylation is 1. The number of hydrogen-bond acceptors (Lipinski definition) is 2. The van der Waals surface area contributed by atoms with Gasteiger partial charge in [0.05, 0.1) is 6.54 Å². The summed E-state index contributed by atoms with van der Waals surface area (Å²) in [5.74, 6) is 0.957. The number of nitrogens with zero attached hydrogens (tertiary/aromatic N) is 2. The summed E-state index contributed by atoms with van der Waals surface area (Å²) in [5.41, 5.74) is 3.57. The zero-order chi connectivity index (χ0) is 18.6. The first-order valence-corrected chi connectivity index (χ1v) is 10.2. The maximum atomic E-state index is 6.01. The second kappa shape index (κ2) is 8.13. The summed E-state index contributed by atoms with van der Waals surface area (Å²) in [5, 5.41) is 1.24. The van der Waals surface area contributed by atoms with Crippen molar-refractivity contribution in [3.05, 3.63) is 65.9 Å². The Balaban J connectivity index is 1.54. The van der Waals surface area contributed by atoms with Crippen molar-refractivity contribution in [2.75, 3.05) is 19.7 Å². The molecule has 1 fully saturated rings. The standard InChI is InChI=1S/C23H26N2OS/c1-18-9-3-6-12-22(18)26-16-15-25-17-20(19-10-4-5-11-21(19)25)23(27)24-13-7-2-8-14-24/h3-6,9-12,17H,2,7-8,13-16H2,1H3. The van der Waals surface area contributed by atoms with Crippen molar-refractivity contribution >= 4 is 28.1 Å². The van der Waals surface area contributed by atoms with Gasteiger partial charge < -0.3 is 14.2 Å². The van der Waals surface area contributed by atoms with Gasteiger partial charge in [0.25, 0.3) is 0 Å². The lowest BCUT2D eigenvalue weighted by Crippen LogP contribution is -2.34. The van der Waals surface area contributed by atoms with Crippen molar-refractivity contribution in [2.24, 2.45) is 0 Å². The van der Waals surface area contributed by atoms with Crippen molar-refractivity contribution in [1.82, 2.24) is 9.47 Å². The molecule has 1 aliphatic rings. The van der Waals surface area contributed by atoms with E-state index in [0.717, 1.165) is 30.4 Å². The van der Waals surface area contributed by atoms with E-state index in [0.29, 0.717) is 6.61 Å². The fourth-order valence-electron chi connectivity index (χ4n) is 3.84. The first-order chi connectivity index (χ1) is 13.2. The first kappa shape index (κ1) is 18.1. The van der Waals surface area contributed by atoms with Crippen LogP contribution in [0.1, 0.15) is 30.4 Å². The molecule has 0 spiro atoms. The number of likely N-dealkylation sites (tertiary alicyclic amines) is 1. The number of rotatable bonds is 5. The molecule has 1 aromatic heterocycles. The summed E-state index contributed by atoms with van der Waals surface area (Å²) in [6.07, 6.45) is 6.01. The number of aromatic nitrogens is 1. The van der Waals surface area contributed by atoms with Gasteiger partial charge in [0, 0.05) is 35.8 Å². The molecule has 3 nitrogen and oxygen atoms in total. The summed E-state index contributed by atoms with van der Waals surface area (Å²) >= 11 is 5.87. The third-order valence-electron chi connectivity index (χ3n) is 5.35. The Kier molecular flexibility index (Phi) is 5.44. The Labute approximate surface area is 166 Å². The van der Waals surface area contributed by atoms with Crippen LogP contribution in [0.4, 0.5) is 0 Å². The zero-order valence-electron chi connectivity index (χ0n) is 15.9. The van der Waals surface area contributed by atoms with Gasteiger partial charge in [-0.3, -0.25) is 0 Å². The minimum absolute atomic E-state index is 0.638. The van der Waals surface area contributed by atoms with Crippen LogP contribution < -0.4 is 4.74 Å².